The predicted molar refractivity (Wildman–Crippen MR) is 115 cm³/mol. The third kappa shape index (κ3) is 6.71. The average Bonchev–Trinajstić information content (AvgIpc) is 2.66. The summed E-state index contributed by atoms with van der Waals surface area (Å²) in [5, 5.41) is 4.34. The van der Waals surface area contributed by atoms with Crippen LogP contribution in [-0.2, 0) is 11.2 Å². The molecule has 1 aliphatic rings. The molecule has 0 unspecified atom stereocenters. The lowest BCUT2D eigenvalue weighted by Crippen LogP contribution is -2.40. The normalized spacial score (nSPS) is 19.4. The van der Waals surface area contributed by atoms with Crippen LogP contribution in [-0.4, -0.2) is 28.3 Å². The second kappa shape index (κ2) is 10.2. The van der Waals surface area contributed by atoms with Crippen molar-refractivity contribution in [3.05, 3.63) is 53.2 Å². The van der Waals surface area contributed by atoms with Gasteiger partial charge < -0.3 is 10.1 Å². The van der Waals surface area contributed by atoms with E-state index in [1.54, 1.807) is 18.3 Å². The van der Waals surface area contributed by atoms with E-state index in [2.05, 4.69) is 36.3 Å². The Bertz CT molecular complexity index is 757. The molecule has 6 heteroatoms. The second-order valence-corrected chi connectivity index (χ2v) is 9.55. The van der Waals surface area contributed by atoms with Crippen LogP contribution in [0.25, 0.3) is 0 Å². The van der Waals surface area contributed by atoms with E-state index < -0.39 is 0 Å². The summed E-state index contributed by atoms with van der Waals surface area (Å²) in [6.07, 6.45) is 5.84. The third-order valence-electron chi connectivity index (χ3n) is 4.69. The smallest absolute Gasteiger partial charge is 0.224 e. The van der Waals surface area contributed by atoms with Gasteiger partial charge in [-0.3, -0.25) is 4.79 Å². The zero-order chi connectivity index (χ0) is 19.9. The van der Waals surface area contributed by atoms with Crippen molar-refractivity contribution in [1.29, 1.82) is 0 Å². The Balaban J connectivity index is 1.40. The lowest BCUT2D eigenvalue weighted by molar-refractivity contribution is -0.121. The molecule has 2 aromatic rings. The highest BCUT2D eigenvalue weighted by Crippen LogP contribution is 2.24. The Labute approximate surface area is 176 Å². The van der Waals surface area contributed by atoms with Gasteiger partial charge in [0.2, 0.25) is 11.8 Å². The zero-order valence-electron chi connectivity index (χ0n) is 16.4. The average molecular weight is 419 g/mol. The molecule has 1 amide bonds. The molecule has 150 valence electrons. The number of carbonyl (C=O) groups is 1. The predicted octanol–water partition coefficient (Wildman–Crippen LogP) is 5.28. The maximum atomic E-state index is 12.4. The van der Waals surface area contributed by atoms with Crippen molar-refractivity contribution in [3.8, 4) is 5.88 Å². The monoisotopic (exact) mass is 418 g/mol. The highest BCUT2D eigenvalue weighted by molar-refractivity contribution is 7.99. The Morgan fingerprint density at radius 1 is 1.18 bits per heavy atom. The van der Waals surface area contributed by atoms with Gasteiger partial charge in [-0.1, -0.05) is 37.6 Å². The van der Waals surface area contributed by atoms with Crippen LogP contribution in [0.5, 0.6) is 5.88 Å². The van der Waals surface area contributed by atoms with Crippen molar-refractivity contribution in [2.75, 3.05) is 0 Å². The third-order valence-corrected chi connectivity index (χ3v) is 5.93. The number of hydrogen-bond acceptors (Lipinski definition) is 4. The largest absolute Gasteiger partial charge is 0.474 e. The quantitative estimate of drug-likeness (QED) is 0.621. The van der Waals surface area contributed by atoms with E-state index in [1.807, 2.05) is 23.9 Å². The molecular formula is C22H27ClN2O2S. The van der Waals surface area contributed by atoms with Gasteiger partial charge in [-0.05, 0) is 49.4 Å². The molecule has 0 aliphatic heterocycles. The lowest BCUT2D eigenvalue weighted by Gasteiger charge is -2.29. The number of carbonyl (C=O) groups excluding carboxylic acids is 1. The maximum absolute atomic E-state index is 12.4. The highest BCUT2D eigenvalue weighted by Gasteiger charge is 2.24. The fourth-order valence-electron chi connectivity index (χ4n) is 3.35. The maximum Gasteiger partial charge on any atom is 0.224 e. The summed E-state index contributed by atoms with van der Waals surface area (Å²) >= 11 is 7.68. The van der Waals surface area contributed by atoms with E-state index in [1.165, 1.54) is 4.90 Å². The minimum absolute atomic E-state index is 0.0907. The number of ether oxygens (including phenoxy) is 1. The van der Waals surface area contributed by atoms with Gasteiger partial charge in [0.1, 0.15) is 6.10 Å². The molecule has 0 radical (unpaired) electrons. The molecule has 4 nitrogen and oxygen atoms in total. The molecule has 0 bridgehead atoms. The van der Waals surface area contributed by atoms with Crippen LogP contribution in [0.1, 0.15) is 45.1 Å². The van der Waals surface area contributed by atoms with Crippen LogP contribution in [0.2, 0.25) is 5.02 Å². The van der Waals surface area contributed by atoms with Crippen molar-refractivity contribution < 1.29 is 9.53 Å². The van der Waals surface area contributed by atoms with E-state index in [0.717, 1.165) is 31.2 Å². The number of nitrogens with one attached hydrogen (secondary N) is 1. The number of thioether (sulfide) groups is 1. The molecule has 3 rings (SSSR count). The molecular weight excluding hydrogens is 392 g/mol. The van der Waals surface area contributed by atoms with Crippen LogP contribution in [0.15, 0.2) is 47.5 Å². The Morgan fingerprint density at radius 3 is 2.50 bits per heavy atom. The standard InChI is InChI=1S/C22H27ClN2O2S/c1-15(2)28-20-10-3-16(4-11-20)13-21(26)25-18-6-8-19(9-7-18)27-22-12-5-17(23)14-24-22/h3-5,10-12,14-15,18-19H,6-9,13H2,1-2H3,(H,25,26). The van der Waals surface area contributed by atoms with Gasteiger partial charge in [0.05, 0.1) is 11.4 Å². The van der Waals surface area contributed by atoms with Crippen molar-refractivity contribution in [1.82, 2.24) is 10.3 Å². The number of pyridine rings is 1. The van der Waals surface area contributed by atoms with Gasteiger partial charge in [0.15, 0.2) is 0 Å². The number of amides is 1. The van der Waals surface area contributed by atoms with Gasteiger partial charge >= 0.3 is 0 Å². The summed E-state index contributed by atoms with van der Waals surface area (Å²) in [7, 11) is 0. The SMILES string of the molecule is CC(C)Sc1ccc(CC(=O)NC2CCC(Oc3ccc(Cl)cn3)CC2)cc1. The molecule has 0 saturated heterocycles. The van der Waals surface area contributed by atoms with E-state index in [0.29, 0.717) is 22.6 Å². The van der Waals surface area contributed by atoms with Crippen LogP contribution < -0.4 is 10.1 Å². The number of halogens is 1. The molecule has 1 heterocycles. The second-order valence-electron chi connectivity index (χ2n) is 7.46. The van der Waals surface area contributed by atoms with Crippen molar-refractivity contribution in [3.63, 3.8) is 0 Å². The van der Waals surface area contributed by atoms with Gasteiger partial charge in [0, 0.05) is 28.5 Å². The fraction of sp³-hybridized carbons (Fsp3) is 0.455. The van der Waals surface area contributed by atoms with Gasteiger partial charge in [-0.15, -0.1) is 11.8 Å². The van der Waals surface area contributed by atoms with E-state index in [-0.39, 0.29) is 18.1 Å². The number of nitrogens with zero attached hydrogens (tertiary/aromatic N) is 1. The first-order valence-electron chi connectivity index (χ1n) is 9.81. The lowest BCUT2D eigenvalue weighted by atomic mass is 9.92. The number of benzene rings is 1. The van der Waals surface area contributed by atoms with Crippen molar-refractivity contribution in [2.45, 2.75) is 68.2 Å². The minimum atomic E-state index is 0.0907. The minimum Gasteiger partial charge on any atom is -0.474 e. The molecule has 0 atom stereocenters. The van der Waals surface area contributed by atoms with Gasteiger partial charge in [0.25, 0.3) is 0 Å². The summed E-state index contributed by atoms with van der Waals surface area (Å²) in [5.41, 5.74) is 1.05. The van der Waals surface area contributed by atoms with Crippen molar-refractivity contribution >= 4 is 29.3 Å². The van der Waals surface area contributed by atoms with Crippen molar-refractivity contribution in [2.24, 2.45) is 0 Å². The van der Waals surface area contributed by atoms with Crippen LogP contribution in [0.4, 0.5) is 0 Å². The number of rotatable bonds is 7. The molecule has 0 spiro atoms. The molecule has 1 fully saturated rings. The first kappa shape index (κ1) is 21.0. The van der Waals surface area contributed by atoms with Crippen LogP contribution >= 0.6 is 23.4 Å². The number of aromatic nitrogens is 1. The zero-order valence-corrected chi connectivity index (χ0v) is 17.9. The summed E-state index contributed by atoms with van der Waals surface area (Å²) in [4.78, 5) is 17.8. The van der Waals surface area contributed by atoms with E-state index >= 15 is 0 Å². The van der Waals surface area contributed by atoms with Gasteiger partial charge in [-0.25, -0.2) is 4.98 Å². The van der Waals surface area contributed by atoms with Gasteiger partial charge in [-0.2, -0.15) is 0 Å². The molecule has 1 aliphatic carbocycles. The summed E-state index contributed by atoms with van der Waals surface area (Å²) in [5.74, 6) is 0.698. The summed E-state index contributed by atoms with van der Waals surface area (Å²) in [6.45, 7) is 4.36. The Hall–Kier alpha value is -1.72. The summed E-state index contributed by atoms with van der Waals surface area (Å²) in [6, 6.07) is 12.1. The van der Waals surface area contributed by atoms with Crippen LogP contribution in [0.3, 0.4) is 0 Å². The molecule has 1 saturated carbocycles. The van der Waals surface area contributed by atoms with Crippen LogP contribution in [0, 0.1) is 0 Å². The molecule has 1 N–H and O–H groups in total. The summed E-state index contributed by atoms with van der Waals surface area (Å²) < 4.78 is 5.91. The molecule has 1 aromatic heterocycles. The van der Waals surface area contributed by atoms with E-state index in [4.69, 9.17) is 16.3 Å². The number of hydrogen-bond donors (Lipinski definition) is 1. The Kier molecular flexibility index (Phi) is 7.63. The molecule has 28 heavy (non-hydrogen) atoms. The fourth-order valence-corrected chi connectivity index (χ4v) is 4.30. The van der Waals surface area contributed by atoms with E-state index in [9.17, 15) is 4.79 Å². The first-order chi connectivity index (χ1) is 13.5. The molecule has 1 aromatic carbocycles. The topological polar surface area (TPSA) is 51.2 Å². The first-order valence-corrected chi connectivity index (χ1v) is 11.1. The highest BCUT2D eigenvalue weighted by atomic mass is 35.5. The Morgan fingerprint density at radius 2 is 1.89 bits per heavy atom.